The summed E-state index contributed by atoms with van der Waals surface area (Å²) in [6, 6.07) is 0. The molecule has 0 aliphatic heterocycles. The smallest absolute Gasteiger partial charge is 0.341 e. The molecule has 1 aliphatic rings. The number of rotatable bonds is 3. The summed E-state index contributed by atoms with van der Waals surface area (Å²) in [6.07, 6.45) is 3.14. The molecule has 1 aliphatic carbocycles. The second kappa shape index (κ2) is 6.54. The van der Waals surface area contributed by atoms with E-state index in [0.29, 0.717) is 23.2 Å². The number of ether oxygens (including phenoxy) is 1. The molecule has 0 aromatic carbocycles. The molecule has 1 aromatic heterocycles. The van der Waals surface area contributed by atoms with Gasteiger partial charge in [-0.05, 0) is 49.9 Å². The van der Waals surface area contributed by atoms with Crippen molar-refractivity contribution in [1.82, 2.24) is 5.32 Å². The third kappa shape index (κ3) is 3.12. The van der Waals surface area contributed by atoms with E-state index in [2.05, 4.69) is 17.6 Å². The zero-order valence-electron chi connectivity index (χ0n) is 12.0. The summed E-state index contributed by atoms with van der Waals surface area (Å²) in [5.41, 5.74) is 1.82. The first-order valence-corrected chi connectivity index (χ1v) is 8.09. The Hall–Kier alpha value is -1.14. The Labute approximate surface area is 128 Å². The maximum absolute atomic E-state index is 12.3. The van der Waals surface area contributed by atoms with Gasteiger partial charge in [0.25, 0.3) is 0 Å². The lowest BCUT2D eigenvalue weighted by Gasteiger charge is -2.18. The number of fused-ring (bicyclic) bond motifs is 1. The minimum atomic E-state index is -0.250. The van der Waals surface area contributed by atoms with Gasteiger partial charge in [-0.15, -0.1) is 11.3 Å². The molecule has 110 valence electrons. The third-order valence-electron chi connectivity index (χ3n) is 3.44. The average molecular weight is 312 g/mol. The van der Waals surface area contributed by atoms with Crippen LogP contribution < -0.4 is 10.6 Å². The maximum atomic E-state index is 12.3. The second-order valence-corrected chi connectivity index (χ2v) is 6.49. The van der Waals surface area contributed by atoms with Crippen molar-refractivity contribution in [2.75, 3.05) is 19.0 Å². The lowest BCUT2D eigenvalue weighted by atomic mass is 9.88. The zero-order chi connectivity index (χ0) is 14.7. The van der Waals surface area contributed by atoms with Gasteiger partial charge < -0.3 is 15.4 Å². The van der Waals surface area contributed by atoms with Gasteiger partial charge in [0.2, 0.25) is 0 Å². The molecule has 1 aromatic rings. The quantitative estimate of drug-likeness (QED) is 0.664. The third-order valence-corrected chi connectivity index (χ3v) is 4.95. The normalized spacial score (nSPS) is 17.2. The molecule has 0 amide bonds. The molecule has 0 saturated heterocycles. The number of nitrogens with one attached hydrogen (secondary N) is 2. The number of thiocarbonyl (C=S) groups is 1. The second-order valence-electron chi connectivity index (χ2n) is 4.98. The molecule has 0 saturated carbocycles. The summed E-state index contributed by atoms with van der Waals surface area (Å²) in [4.78, 5) is 13.5. The summed E-state index contributed by atoms with van der Waals surface area (Å²) in [5.74, 6) is 0.356. The van der Waals surface area contributed by atoms with E-state index in [4.69, 9.17) is 17.0 Å². The molecule has 1 heterocycles. The fraction of sp³-hybridized carbons (Fsp3) is 0.571. The lowest BCUT2D eigenvalue weighted by molar-refractivity contribution is 0.0526. The molecule has 0 spiro atoms. The first-order valence-electron chi connectivity index (χ1n) is 6.87. The molecule has 2 rings (SSSR count). The molecular weight excluding hydrogens is 292 g/mol. The number of aryl methyl sites for hydroxylation is 1. The van der Waals surface area contributed by atoms with Crippen molar-refractivity contribution in [3.05, 3.63) is 16.0 Å². The van der Waals surface area contributed by atoms with E-state index < -0.39 is 0 Å². The highest BCUT2D eigenvalue weighted by Gasteiger charge is 2.28. The molecule has 2 N–H and O–H groups in total. The van der Waals surface area contributed by atoms with Crippen molar-refractivity contribution in [3.63, 3.8) is 0 Å². The molecule has 1 unspecified atom stereocenters. The predicted molar refractivity (Wildman–Crippen MR) is 86.7 cm³/mol. The van der Waals surface area contributed by atoms with E-state index in [1.165, 1.54) is 11.3 Å². The lowest BCUT2D eigenvalue weighted by Crippen LogP contribution is -2.25. The van der Waals surface area contributed by atoms with Gasteiger partial charge in [0.15, 0.2) is 5.11 Å². The van der Waals surface area contributed by atoms with Crippen LogP contribution in [0.1, 0.15) is 41.1 Å². The highest BCUT2D eigenvalue weighted by Crippen LogP contribution is 2.40. The SMILES string of the molecule is CCOC(=O)c1c(NC(=S)NC)sc2c1CC(C)CC2. The van der Waals surface area contributed by atoms with E-state index in [9.17, 15) is 4.79 Å². The largest absolute Gasteiger partial charge is 0.462 e. The van der Waals surface area contributed by atoms with Crippen LogP contribution in [-0.4, -0.2) is 24.7 Å². The minimum absolute atomic E-state index is 0.250. The van der Waals surface area contributed by atoms with Crippen LogP contribution >= 0.6 is 23.6 Å². The first kappa shape index (κ1) is 15.3. The van der Waals surface area contributed by atoms with Gasteiger partial charge in [-0.1, -0.05) is 6.92 Å². The summed E-state index contributed by atoms with van der Waals surface area (Å²) in [7, 11) is 1.76. The Balaban J connectivity index is 2.40. The van der Waals surface area contributed by atoms with Crippen LogP contribution in [0.5, 0.6) is 0 Å². The number of esters is 1. The summed E-state index contributed by atoms with van der Waals surface area (Å²) in [5, 5.41) is 7.31. The van der Waals surface area contributed by atoms with Crippen molar-refractivity contribution in [2.24, 2.45) is 5.92 Å². The van der Waals surface area contributed by atoms with Crippen LogP contribution in [0.2, 0.25) is 0 Å². The highest BCUT2D eigenvalue weighted by atomic mass is 32.1. The molecule has 20 heavy (non-hydrogen) atoms. The van der Waals surface area contributed by atoms with E-state index in [-0.39, 0.29) is 5.97 Å². The molecule has 4 nitrogen and oxygen atoms in total. The Morgan fingerprint density at radius 2 is 2.30 bits per heavy atom. The van der Waals surface area contributed by atoms with Gasteiger partial charge in [-0.2, -0.15) is 0 Å². The van der Waals surface area contributed by atoms with Gasteiger partial charge in [0.1, 0.15) is 5.00 Å². The Bertz CT molecular complexity index is 525. The van der Waals surface area contributed by atoms with Crippen molar-refractivity contribution in [1.29, 1.82) is 0 Å². The summed E-state index contributed by atoms with van der Waals surface area (Å²) < 4.78 is 5.21. The van der Waals surface area contributed by atoms with E-state index >= 15 is 0 Å². The molecule has 0 bridgehead atoms. The monoisotopic (exact) mass is 312 g/mol. The highest BCUT2D eigenvalue weighted by molar-refractivity contribution is 7.80. The Morgan fingerprint density at radius 1 is 1.55 bits per heavy atom. The molecule has 1 atom stereocenters. The predicted octanol–water partition coefficient (Wildman–Crippen LogP) is 2.97. The Morgan fingerprint density at radius 3 is 2.95 bits per heavy atom. The zero-order valence-corrected chi connectivity index (χ0v) is 13.7. The Kier molecular flexibility index (Phi) is 4.99. The van der Waals surface area contributed by atoms with Gasteiger partial charge >= 0.3 is 5.97 Å². The minimum Gasteiger partial charge on any atom is -0.462 e. The van der Waals surface area contributed by atoms with E-state index in [0.717, 1.165) is 23.4 Å². The van der Waals surface area contributed by atoms with Crippen LogP contribution in [0.4, 0.5) is 5.00 Å². The van der Waals surface area contributed by atoms with Crippen molar-refractivity contribution >= 4 is 39.6 Å². The number of carbonyl (C=O) groups is 1. The number of carbonyl (C=O) groups excluding carboxylic acids is 1. The number of anilines is 1. The van der Waals surface area contributed by atoms with Crippen LogP contribution in [0.25, 0.3) is 0 Å². The number of hydrogen-bond acceptors (Lipinski definition) is 4. The fourth-order valence-electron chi connectivity index (χ4n) is 2.43. The summed E-state index contributed by atoms with van der Waals surface area (Å²) in [6.45, 7) is 4.43. The number of hydrogen-bond donors (Lipinski definition) is 2. The maximum Gasteiger partial charge on any atom is 0.341 e. The fourth-order valence-corrected chi connectivity index (χ4v) is 3.83. The van der Waals surface area contributed by atoms with Crippen LogP contribution in [0.15, 0.2) is 0 Å². The first-order chi connectivity index (χ1) is 9.56. The standard InChI is InChI=1S/C14H20N2O2S2/c1-4-18-13(17)11-9-7-8(2)5-6-10(9)20-12(11)16-14(19)15-3/h8H,4-7H2,1-3H3,(H2,15,16,19). The van der Waals surface area contributed by atoms with Crippen molar-refractivity contribution in [3.8, 4) is 0 Å². The topological polar surface area (TPSA) is 50.4 Å². The van der Waals surface area contributed by atoms with Gasteiger partial charge in [0, 0.05) is 11.9 Å². The molecule has 6 heteroatoms. The van der Waals surface area contributed by atoms with E-state index in [1.54, 1.807) is 18.4 Å². The van der Waals surface area contributed by atoms with E-state index in [1.807, 2.05) is 6.92 Å². The van der Waals surface area contributed by atoms with Crippen molar-refractivity contribution in [2.45, 2.75) is 33.1 Å². The van der Waals surface area contributed by atoms with Gasteiger partial charge in [-0.25, -0.2) is 4.79 Å². The van der Waals surface area contributed by atoms with Crippen LogP contribution in [0, 0.1) is 5.92 Å². The average Bonchev–Trinajstić information content (AvgIpc) is 2.75. The van der Waals surface area contributed by atoms with Gasteiger partial charge in [-0.3, -0.25) is 0 Å². The molecule has 0 radical (unpaired) electrons. The molecule has 0 fully saturated rings. The van der Waals surface area contributed by atoms with Crippen molar-refractivity contribution < 1.29 is 9.53 Å². The van der Waals surface area contributed by atoms with Gasteiger partial charge in [0.05, 0.1) is 12.2 Å². The molecular formula is C14H20N2O2S2. The summed E-state index contributed by atoms with van der Waals surface area (Å²) >= 11 is 6.77. The number of thiophene rings is 1. The van der Waals surface area contributed by atoms with Crippen LogP contribution in [0.3, 0.4) is 0 Å². The van der Waals surface area contributed by atoms with Crippen LogP contribution in [-0.2, 0) is 17.6 Å².